The summed E-state index contributed by atoms with van der Waals surface area (Å²) in [7, 11) is 1.66. The fourth-order valence-corrected chi connectivity index (χ4v) is 3.90. The molecule has 1 N–H and O–H groups in total. The number of nitrogens with zero attached hydrogens (tertiary/aromatic N) is 3. The quantitative estimate of drug-likeness (QED) is 0.851. The second kappa shape index (κ2) is 9.14. The highest BCUT2D eigenvalue weighted by atomic mass is 16.2. The summed E-state index contributed by atoms with van der Waals surface area (Å²) in [6.07, 6.45) is 3.24. The third kappa shape index (κ3) is 4.83. The second-order valence-corrected chi connectivity index (χ2v) is 7.24. The van der Waals surface area contributed by atoms with E-state index in [1.807, 2.05) is 11.0 Å². The van der Waals surface area contributed by atoms with E-state index in [0.29, 0.717) is 19.6 Å². The summed E-state index contributed by atoms with van der Waals surface area (Å²) in [6.45, 7) is 5.21. The lowest BCUT2D eigenvalue weighted by atomic mass is 9.99. The van der Waals surface area contributed by atoms with Crippen LogP contribution in [0.15, 0.2) is 30.3 Å². The zero-order valence-electron chi connectivity index (χ0n) is 15.7. The van der Waals surface area contributed by atoms with Crippen LogP contribution in [0.3, 0.4) is 0 Å². The molecule has 2 aliphatic rings. The summed E-state index contributed by atoms with van der Waals surface area (Å²) in [4.78, 5) is 31.1. The van der Waals surface area contributed by atoms with E-state index in [-0.39, 0.29) is 17.9 Å². The van der Waals surface area contributed by atoms with Crippen molar-refractivity contribution in [3.05, 3.63) is 35.9 Å². The molecule has 1 unspecified atom stereocenters. The molecule has 0 saturated carbocycles. The SMILES string of the molecule is CNC(=O)CN1CCN(C(=O)C2CCCCN2Cc2ccccc2)CC1. The van der Waals surface area contributed by atoms with Gasteiger partial charge in [0.15, 0.2) is 0 Å². The highest BCUT2D eigenvalue weighted by Crippen LogP contribution is 2.22. The smallest absolute Gasteiger partial charge is 0.240 e. The van der Waals surface area contributed by atoms with Gasteiger partial charge in [0.1, 0.15) is 0 Å². The van der Waals surface area contributed by atoms with Gasteiger partial charge in [0.05, 0.1) is 12.6 Å². The molecule has 2 heterocycles. The monoisotopic (exact) mass is 358 g/mol. The summed E-state index contributed by atoms with van der Waals surface area (Å²) in [6, 6.07) is 10.4. The molecular formula is C20H30N4O2. The van der Waals surface area contributed by atoms with Crippen LogP contribution in [0, 0.1) is 0 Å². The van der Waals surface area contributed by atoms with Crippen LogP contribution in [-0.2, 0) is 16.1 Å². The predicted octanol–water partition coefficient (Wildman–Crippen LogP) is 0.931. The van der Waals surface area contributed by atoms with E-state index in [0.717, 1.165) is 45.4 Å². The van der Waals surface area contributed by atoms with Gasteiger partial charge in [0.25, 0.3) is 0 Å². The average Bonchev–Trinajstić information content (AvgIpc) is 2.69. The van der Waals surface area contributed by atoms with Gasteiger partial charge in [-0.15, -0.1) is 0 Å². The van der Waals surface area contributed by atoms with E-state index in [4.69, 9.17) is 0 Å². The minimum absolute atomic E-state index is 0.00514. The van der Waals surface area contributed by atoms with Gasteiger partial charge in [-0.2, -0.15) is 0 Å². The molecule has 0 aliphatic carbocycles. The number of benzene rings is 1. The molecular weight excluding hydrogens is 328 g/mol. The Morgan fingerprint density at radius 2 is 1.77 bits per heavy atom. The number of carbonyl (C=O) groups is 2. The lowest BCUT2D eigenvalue weighted by molar-refractivity contribution is -0.140. The van der Waals surface area contributed by atoms with Crippen molar-refractivity contribution in [1.29, 1.82) is 0 Å². The van der Waals surface area contributed by atoms with Crippen molar-refractivity contribution in [2.75, 3.05) is 46.3 Å². The molecule has 0 radical (unpaired) electrons. The minimum atomic E-state index is -0.00514. The third-order valence-electron chi connectivity index (χ3n) is 5.46. The van der Waals surface area contributed by atoms with E-state index in [1.165, 1.54) is 5.56 Å². The molecule has 2 aliphatic heterocycles. The van der Waals surface area contributed by atoms with Crippen LogP contribution >= 0.6 is 0 Å². The zero-order valence-corrected chi connectivity index (χ0v) is 15.7. The van der Waals surface area contributed by atoms with Crippen molar-refractivity contribution in [2.45, 2.75) is 31.8 Å². The molecule has 1 aromatic rings. The average molecular weight is 358 g/mol. The second-order valence-electron chi connectivity index (χ2n) is 7.24. The van der Waals surface area contributed by atoms with E-state index in [1.54, 1.807) is 7.05 Å². The number of hydrogen-bond donors (Lipinski definition) is 1. The van der Waals surface area contributed by atoms with Gasteiger partial charge in [-0.05, 0) is 24.9 Å². The highest BCUT2D eigenvalue weighted by molar-refractivity contribution is 5.82. The van der Waals surface area contributed by atoms with Crippen molar-refractivity contribution >= 4 is 11.8 Å². The molecule has 2 fully saturated rings. The maximum absolute atomic E-state index is 13.1. The summed E-state index contributed by atoms with van der Waals surface area (Å²) in [5.74, 6) is 0.298. The van der Waals surface area contributed by atoms with E-state index in [9.17, 15) is 9.59 Å². The number of piperidine rings is 1. The van der Waals surface area contributed by atoms with Crippen LogP contribution < -0.4 is 5.32 Å². The molecule has 1 atom stereocenters. The van der Waals surface area contributed by atoms with Crippen molar-refractivity contribution in [3.8, 4) is 0 Å². The number of amides is 2. The van der Waals surface area contributed by atoms with Gasteiger partial charge in [-0.1, -0.05) is 36.8 Å². The topological polar surface area (TPSA) is 55.9 Å². The molecule has 142 valence electrons. The Balaban J connectivity index is 1.56. The number of rotatable bonds is 5. The van der Waals surface area contributed by atoms with Gasteiger partial charge in [0.2, 0.25) is 11.8 Å². The minimum Gasteiger partial charge on any atom is -0.358 e. The van der Waals surface area contributed by atoms with Crippen molar-refractivity contribution in [1.82, 2.24) is 20.0 Å². The van der Waals surface area contributed by atoms with Crippen LogP contribution in [0.1, 0.15) is 24.8 Å². The third-order valence-corrected chi connectivity index (χ3v) is 5.46. The molecule has 2 saturated heterocycles. The summed E-state index contributed by atoms with van der Waals surface area (Å²) >= 11 is 0. The number of piperazine rings is 1. The predicted molar refractivity (Wildman–Crippen MR) is 102 cm³/mol. The first-order chi connectivity index (χ1) is 12.7. The molecule has 1 aromatic carbocycles. The first-order valence-electron chi connectivity index (χ1n) is 9.67. The lowest BCUT2D eigenvalue weighted by Gasteiger charge is -2.40. The Morgan fingerprint density at radius 1 is 1.04 bits per heavy atom. The van der Waals surface area contributed by atoms with Gasteiger partial charge in [0, 0.05) is 39.8 Å². The van der Waals surface area contributed by atoms with Crippen LogP contribution in [0.4, 0.5) is 0 Å². The van der Waals surface area contributed by atoms with E-state index >= 15 is 0 Å². The van der Waals surface area contributed by atoms with Gasteiger partial charge < -0.3 is 10.2 Å². The van der Waals surface area contributed by atoms with Crippen molar-refractivity contribution in [3.63, 3.8) is 0 Å². The molecule has 3 rings (SSSR count). The summed E-state index contributed by atoms with van der Waals surface area (Å²) in [5.41, 5.74) is 1.27. The summed E-state index contributed by atoms with van der Waals surface area (Å²) < 4.78 is 0. The molecule has 0 aromatic heterocycles. The van der Waals surface area contributed by atoms with Gasteiger partial charge >= 0.3 is 0 Å². The molecule has 6 heteroatoms. The molecule has 26 heavy (non-hydrogen) atoms. The number of carbonyl (C=O) groups excluding carboxylic acids is 2. The maximum Gasteiger partial charge on any atom is 0.240 e. The molecule has 6 nitrogen and oxygen atoms in total. The Hall–Kier alpha value is -1.92. The standard InChI is InChI=1S/C20H30N4O2/c1-21-19(25)16-22-11-13-23(14-12-22)20(26)18-9-5-6-10-24(18)15-17-7-3-2-4-8-17/h2-4,7-8,18H,5-6,9-16H2,1H3,(H,21,25). The Kier molecular flexibility index (Phi) is 6.63. The molecule has 0 bridgehead atoms. The fraction of sp³-hybridized carbons (Fsp3) is 0.600. The number of hydrogen-bond acceptors (Lipinski definition) is 4. The van der Waals surface area contributed by atoms with Gasteiger partial charge in [-0.3, -0.25) is 19.4 Å². The first kappa shape index (κ1) is 18.9. The van der Waals surface area contributed by atoms with E-state index in [2.05, 4.69) is 39.4 Å². The normalized spacial score (nSPS) is 22.2. The van der Waals surface area contributed by atoms with Crippen molar-refractivity contribution < 1.29 is 9.59 Å². The van der Waals surface area contributed by atoms with Crippen LogP contribution in [0.25, 0.3) is 0 Å². The van der Waals surface area contributed by atoms with Crippen LogP contribution in [-0.4, -0.2) is 78.9 Å². The largest absolute Gasteiger partial charge is 0.358 e. The van der Waals surface area contributed by atoms with Crippen LogP contribution in [0.5, 0.6) is 0 Å². The Bertz CT molecular complexity index is 599. The van der Waals surface area contributed by atoms with Crippen molar-refractivity contribution in [2.24, 2.45) is 0 Å². The number of likely N-dealkylation sites (N-methyl/N-ethyl adjacent to an activating group) is 1. The highest BCUT2D eigenvalue weighted by Gasteiger charge is 2.33. The Morgan fingerprint density at radius 3 is 2.46 bits per heavy atom. The number of likely N-dealkylation sites (tertiary alicyclic amines) is 1. The molecule has 0 spiro atoms. The lowest BCUT2D eigenvalue weighted by Crippen LogP contribution is -2.56. The first-order valence-corrected chi connectivity index (χ1v) is 9.67. The number of nitrogens with one attached hydrogen (secondary N) is 1. The fourth-order valence-electron chi connectivity index (χ4n) is 3.90. The maximum atomic E-state index is 13.1. The van der Waals surface area contributed by atoms with Gasteiger partial charge in [-0.25, -0.2) is 0 Å². The summed E-state index contributed by atoms with van der Waals surface area (Å²) in [5, 5.41) is 2.66. The Labute approximate surface area is 156 Å². The van der Waals surface area contributed by atoms with E-state index < -0.39 is 0 Å². The molecule has 2 amide bonds. The van der Waals surface area contributed by atoms with Crippen LogP contribution in [0.2, 0.25) is 0 Å². The zero-order chi connectivity index (χ0) is 18.4.